The molecular weight excluding hydrogens is 172 g/mol. The number of carbonyl (C=O) groups is 1. The molecule has 0 spiro atoms. The van der Waals surface area contributed by atoms with Gasteiger partial charge in [0.25, 0.3) is 0 Å². The van der Waals surface area contributed by atoms with Crippen LogP contribution in [0, 0.1) is 0 Å². The molecule has 0 fully saturated rings. The molecule has 4 heteroatoms. The van der Waals surface area contributed by atoms with Crippen molar-refractivity contribution in [2.24, 2.45) is 0 Å². The van der Waals surface area contributed by atoms with Crippen LogP contribution >= 0.6 is 0 Å². The summed E-state index contributed by atoms with van der Waals surface area (Å²) in [5.74, 6) is -0.704. The van der Waals surface area contributed by atoms with E-state index in [0.717, 1.165) is 0 Å². The molecule has 2 N–H and O–H groups in total. The van der Waals surface area contributed by atoms with Crippen molar-refractivity contribution >= 4 is 5.97 Å². The summed E-state index contributed by atoms with van der Waals surface area (Å²) in [6.07, 6.45) is 0.266. The minimum Gasteiger partial charge on any atom is -0.504 e. The molecule has 1 rings (SSSR count). The molecule has 0 aliphatic heterocycles. The van der Waals surface area contributed by atoms with Gasteiger partial charge in [0, 0.05) is 12.5 Å². The number of carbonyl (C=O) groups excluding carboxylic acids is 1. The van der Waals surface area contributed by atoms with E-state index in [1.807, 2.05) is 0 Å². The van der Waals surface area contributed by atoms with E-state index in [9.17, 15) is 4.79 Å². The lowest BCUT2D eigenvalue weighted by molar-refractivity contribution is -0.134. The fourth-order valence-corrected chi connectivity index (χ4v) is 0.770. The highest BCUT2D eigenvalue weighted by atomic mass is 16.5. The molecule has 0 unspecified atom stereocenters. The minimum atomic E-state index is -0.384. The average Bonchev–Trinajstić information content (AvgIpc) is 2.11. The molecule has 0 aliphatic rings. The van der Waals surface area contributed by atoms with Crippen LogP contribution in [0.25, 0.3) is 0 Å². The van der Waals surface area contributed by atoms with Crippen LogP contribution in [0.5, 0.6) is 17.2 Å². The Kier molecular flexibility index (Phi) is 2.74. The summed E-state index contributed by atoms with van der Waals surface area (Å²) in [7, 11) is 0. The second-order valence-corrected chi connectivity index (χ2v) is 2.48. The first-order valence-electron chi connectivity index (χ1n) is 3.86. The molecule has 1 aromatic rings. The smallest absolute Gasteiger partial charge is 0.504 e. The Hall–Kier alpha value is -1.71. The molecule has 0 aliphatic carbocycles. The Balaban J connectivity index is 0.00000169. The molecule has 0 atom stereocenters. The fourth-order valence-electron chi connectivity index (χ4n) is 0.770. The minimum absolute atomic E-state index is 0. The number of aromatic hydroxyl groups is 2. The molecule has 0 saturated heterocycles. The van der Waals surface area contributed by atoms with Gasteiger partial charge in [0.1, 0.15) is 5.75 Å². The van der Waals surface area contributed by atoms with Gasteiger partial charge in [0.15, 0.2) is 11.5 Å². The molecule has 0 saturated carbocycles. The van der Waals surface area contributed by atoms with Gasteiger partial charge in [-0.05, 0) is 12.1 Å². The third-order valence-electron chi connectivity index (χ3n) is 1.47. The summed E-state index contributed by atoms with van der Waals surface area (Å²) >= 11 is 0. The molecule has 0 aromatic heterocycles. The molecule has 0 bridgehead atoms. The molecule has 13 heavy (non-hydrogen) atoms. The molecule has 0 heterocycles. The van der Waals surface area contributed by atoms with Gasteiger partial charge in [-0.2, -0.15) is 0 Å². The number of rotatable bonds is 2. The van der Waals surface area contributed by atoms with Crippen LogP contribution in [0.2, 0.25) is 0 Å². The maximum absolute atomic E-state index is 10.8. The normalized spacial score (nSPS) is 9.62. The summed E-state index contributed by atoms with van der Waals surface area (Å²) in [5, 5.41) is 18.0. The molecular formula is C9H11O4+. The summed E-state index contributed by atoms with van der Waals surface area (Å²) in [6, 6.07) is 3.85. The highest BCUT2D eigenvalue weighted by Gasteiger charge is 2.04. The summed E-state index contributed by atoms with van der Waals surface area (Å²) in [6.45, 7) is 1.67. The number of benzene rings is 1. The Labute approximate surface area is 76.9 Å². The first-order valence-corrected chi connectivity index (χ1v) is 3.86. The highest BCUT2D eigenvalue weighted by molar-refractivity contribution is 5.72. The van der Waals surface area contributed by atoms with Crippen LogP contribution in [-0.2, 0) is 4.79 Å². The van der Waals surface area contributed by atoms with Gasteiger partial charge in [0.05, 0.1) is 0 Å². The summed E-state index contributed by atoms with van der Waals surface area (Å²) in [5.41, 5.74) is 0. The van der Waals surface area contributed by atoms with E-state index in [2.05, 4.69) is 0 Å². The number of hydrogen-bond donors (Lipinski definition) is 2. The lowest BCUT2D eigenvalue weighted by Gasteiger charge is -2.03. The van der Waals surface area contributed by atoms with E-state index in [0.29, 0.717) is 0 Å². The third kappa shape index (κ3) is 2.37. The van der Waals surface area contributed by atoms with E-state index in [1.54, 1.807) is 6.92 Å². The fraction of sp³-hybridized carbons (Fsp3) is 0.222. The number of esters is 1. The van der Waals surface area contributed by atoms with Crippen LogP contribution < -0.4 is 4.74 Å². The van der Waals surface area contributed by atoms with Gasteiger partial charge in [0.2, 0.25) is 0 Å². The molecule has 4 nitrogen and oxygen atoms in total. The standard InChI is InChI=1S/C9H10O4/c1-2-9(12)13-6-3-4-7(10)8(11)5-6/h3-5,10-11H,2H2,1H3/p+1. The van der Waals surface area contributed by atoms with Gasteiger partial charge >= 0.3 is 7.40 Å². The topological polar surface area (TPSA) is 66.8 Å². The van der Waals surface area contributed by atoms with E-state index < -0.39 is 0 Å². The second-order valence-electron chi connectivity index (χ2n) is 2.48. The zero-order chi connectivity index (χ0) is 9.84. The number of phenolic OH excluding ortho intramolecular Hbond substituents is 2. The SMILES string of the molecule is CCC(=O)Oc1ccc(O)c(O)c1.[H+]. The van der Waals surface area contributed by atoms with Crippen molar-refractivity contribution in [3.05, 3.63) is 18.2 Å². The molecule has 0 amide bonds. The Morgan fingerprint density at radius 2 is 2.15 bits per heavy atom. The van der Waals surface area contributed by atoms with Crippen molar-refractivity contribution in [2.75, 3.05) is 0 Å². The van der Waals surface area contributed by atoms with Gasteiger partial charge in [-0.25, -0.2) is 0 Å². The Morgan fingerprint density at radius 3 is 2.69 bits per heavy atom. The van der Waals surface area contributed by atoms with E-state index in [1.165, 1.54) is 18.2 Å². The average molecular weight is 183 g/mol. The van der Waals surface area contributed by atoms with Gasteiger partial charge < -0.3 is 14.9 Å². The number of phenols is 2. The van der Waals surface area contributed by atoms with Gasteiger partial charge in [-0.3, -0.25) is 4.79 Å². The largest absolute Gasteiger partial charge is 1.00 e. The maximum Gasteiger partial charge on any atom is 1.00 e. The quantitative estimate of drug-likeness (QED) is 0.414. The molecule has 1 aromatic carbocycles. The highest BCUT2D eigenvalue weighted by Crippen LogP contribution is 2.28. The number of ether oxygens (including phenoxy) is 1. The summed E-state index contributed by atoms with van der Waals surface area (Å²) < 4.78 is 4.79. The molecule has 0 radical (unpaired) electrons. The monoisotopic (exact) mass is 183 g/mol. The van der Waals surface area contributed by atoms with Crippen molar-refractivity contribution in [3.63, 3.8) is 0 Å². The van der Waals surface area contributed by atoms with Crippen LogP contribution in [-0.4, -0.2) is 16.2 Å². The van der Waals surface area contributed by atoms with Crippen molar-refractivity contribution in [1.29, 1.82) is 0 Å². The predicted molar refractivity (Wildman–Crippen MR) is 46.8 cm³/mol. The van der Waals surface area contributed by atoms with Crippen LogP contribution in [0.15, 0.2) is 18.2 Å². The van der Waals surface area contributed by atoms with Crippen LogP contribution in [0.4, 0.5) is 0 Å². The first-order chi connectivity index (χ1) is 6.13. The van der Waals surface area contributed by atoms with Crippen LogP contribution in [0.1, 0.15) is 14.8 Å². The number of hydrogen-bond acceptors (Lipinski definition) is 4. The van der Waals surface area contributed by atoms with E-state index in [-0.39, 0.29) is 31.1 Å². The van der Waals surface area contributed by atoms with Crippen molar-refractivity contribution in [1.82, 2.24) is 0 Å². The van der Waals surface area contributed by atoms with Gasteiger partial charge in [-0.1, -0.05) is 6.92 Å². The van der Waals surface area contributed by atoms with Crippen molar-refractivity contribution < 1.29 is 21.2 Å². The Morgan fingerprint density at radius 1 is 1.46 bits per heavy atom. The zero-order valence-electron chi connectivity index (χ0n) is 8.15. The van der Waals surface area contributed by atoms with Crippen molar-refractivity contribution in [3.8, 4) is 17.2 Å². The lowest BCUT2D eigenvalue weighted by Crippen LogP contribution is -2.05. The van der Waals surface area contributed by atoms with Crippen molar-refractivity contribution in [2.45, 2.75) is 13.3 Å². The lowest BCUT2D eigenvalue weighted by atomic mass is 10.3. The Bertz CT molecular complexity index is 325. The van der Waals surface area contributed by atoms with Crippen LogP contribution in [0.3, 0.4) is 0 Å². The maximum atomic E-state index is 10.8. The molecule has 70 valence electrons. The predicted octanol–water partition coefficient (Wildman–Crippen LogP) is 1.53. The van der Waals surface area contributed by atoms with E-state index in [4.69, 9.17) is 14.9 Å². The van der Waals surface area contributed by atoms with Gasteiger partial charge in [-0.15, -0.1) is 0 Å². The zero-order valence-corrected chi connectivity index (χ0v) is 7.15. The summed E-state index contributed by atoms with van der Waals surface area (Å²) in [4.78, 5) is 10.8. The first kappa shape index (κ1) is 9.38. The second kappa shape index (κ2) is 3.80. The van der Waals surface area contributed by atoms with E-state index >= 15 is 0 Å². The third-order valence-corrected chi connectivity index (χ3v) is 1.47.